The molecule has 2 nitrogen and oxygen atoms in total. The van der Waals surface area contributed by atoms with Gasteiger partial charge in [-0.3, -0.25) is 4.98 Å². The fraction of sp³-hybridized carbons (Fsp3) is 0.250. The van der Waals surface area contributed by atoms with Gasteiger partial charge in [0.1, 0.15) is 0 Å². The van der Waals surface area contributed by atoms with Crippen molar-refractivity contribution in [2.75, 3.05) is 7.05 Å². The summed E-state index contributed by atoms with van der Waals surface area (Å²) in [5.74, 6) is 0. The first kappa shape index (κ1) is 11.8. The smallest absolute Gasteiger partial charge is 0.0686 e. The number of hydrogen-bond donors (Lipinski definition) is 1. The summed E-state index contributed by atoms with van der Waals surface area (Å²) in [5.41, 5.74) is 2.50. The summed E-state index contributed by atoms with van der Waals surface area (Å²) < 4.78 is 1.13. The first-order chi connectivity index (χ1) is 7.72. The largest absolute Gasteiger partial charge is 0.309 e. The van der Waals surface area contributed by atoms with Crippen LogP contribution in [0.3, 0.4) is 0 Å². The molecule has 16 heavy (non-hydrogen) atoms. The highest BCUT2D eigenvalue weighted by Gasteiger charge is 2.15. The Hall–Kier alpha value is -0.710. The number of nitrogens with one attached hydrogen (secondary N) is 1. The Morgan fingerprint density at radius 2 is 2.31 bits per heavy atom. The highest BCUT2D eigenvalue weighted by molar-refractivity contribution is 9.10. The Morgan fingerprint density at radius 1 is 1.50 bits per heavy atom. The fourth-order valence-corrected chi connectivity index (χ4v) is 3.28. The molecule has 0 radical (unpaired) electrons. The molecule has 1 unspecified atom stereocenters. The first-order valence-electron chi connectivity index (χ1n) is 5.04. The number of hydrogen-bond acceptors (Lipinski definition) is 3. The maximum atomic E-state index is 4.20. The minimum absolute atomic E-state index is 0.227. The van der Waals surface area contributed by atoms with Crippen molar-refractivity contribution in [1.29, 1.82) is 0 Å². The van der Waals surface area contributed by atoms with E-state index in [1.807, 2.05) is 25.5 Å². The lowest BCUT2D eigenvalue weighted by molar-refractivity contribution is 0.696. The van der Waals surface area contributed by atoms with Crippen molar-refractivity contribution in [2.45, 2.75) is 13.0 Å². The molecule has 0 aliphatic rings. The fourth-order valence-electron chi connectivity index (χ4n) is 1.71. The molecule has 2 rings (SSSR count). The standard InChI is InChI=1S/C12H13BrN2S/c1-8-3-4-15-6-10(8)12(14-2)11-5-9(13)7-16-11/h3-7,12,14H,1-2H3. The van der Waals surface area contributed by atoms with Gasteiger partial charge in [0.25, 0.3) is 0 Å². The third-order valence-corrected chi connectivity index (χ3v) is 4.31. The van der Waals surface area contributed by atoms with E-state index < -0.39 is 0 Å². The van der Waals surface area contributed by atoms with E-state index in [0.29, 0.717) is 0 Å². The molecule has 2 heterocycles. The SMILES string of the molecule is CNC(c1cc(Br)cs1)c1cnccc1C. The van der Waals surface area contributed by atoms with Crippen LogP contribution in [0.25, 0.3) is 0 Å². The maximum absolute atomic E-state index is 4.20. The number of nitrogens with zero attached hydrogens (tertiary/aromatic N) is 1. The van der Waals surface area contributed by atoms with Gasteiger partial charge in [-0.25, -0.2) is 0 Å². The molecule has 0 amide bonds. The summed E-state index contributed by atoms with van der Waals surface area (Å²) >= 11 is 5.24. The maximum Gasteiger partial charge on any atom is 0.0686 e. The van der Waals surface area contributed by atoms with Crippen molar-refractivity contribution in [3.05, 3.63) is 50.4 Å². The van der Waals surface area contributed by atoms with Crippen LogP contribution in [0, 0.1) is 6.92 Å². The van der Waals surface area contributed by atoms with Crippen molar-refractivity contribution in [1.82, 2.24) is 10.3 Å². The lowest BCUT2D eigenvalue weighted by atomic mass is 10.0. The van der Waals surface area contributed by atoms with Crippen molar-refractivity contribution in [3.8, 4) is 0 Å². The topological polar surface area (TPSA) is 24.9 Å². The Balaban J connectivity index is 2.40. The van der Waals surface area contributed by atoms with Crippen LogP contribution in [0.15, 0.2) is 34.4 Å². The zero-order valence-electron chi connectivity index (χ0n) is 9.20. The molecule has 1 N–H and O–H groups in total. The van der Waals surface area contributed by atoms with E-state index in [1.165, 1.54) is 16.0 Å². The minimum Gasteiger partial charge on any atom is -0.309 e. The monoisotopic (exact) mass is 296 g/mol. The second-order valence-electron chi connectivity index (χ2n) is 3.62. The normalized spacial score (nSPS) is 12.7. The quantitative estimate of drug-likeness (QED) is 0.937. The number of aromatic nitrogens is 1. The second-order valence-corrected chi connectivity index (χ2v) is 5.48. The van der Waals surface area contributed by atoms with Gasteiger partial charge in [0.2, 0.25) is 0 Å². The van der Waals surface area contributed by atoms with Crippen LogP contribution < -0.4 is 5.32 Å². The summed E-state index contributed by atoms with van der Waals surface area (Å²) in [4.78, 5) is 5.50. The van der Waals surface area contributed by atoms with E-state index >= 15 is 0 Å². The lowest BCUT2D eigenvalue weighted by Gasteiger charge is -2.16. The average molecular weight is 297 g/mol. The molecule has 0 spiro atoms. The summed E-state index contributed by atoms with van der Waals surface area (Å²) in [6.45, 7) is 2.12. The van der Waals surface area contributed by atoms with E-state index in [4.69, 9.17) is 0 Å². The van der Waals surface area contributed by atoms with Crippen molar-refractivity contribution in [2.24, 2.45) is 0 Å². The van der Waals surface area contributed by atoms with Crippen molar-refractivity contribution >= 4 is 27.3 Å². The van der Waals surface area contributed by atoms with Crippen LogP contribution in [0.2, 0.25) is 0 Å². The molecule has 84 valence electrons. The number of rotatable bonds is 3. The van der Waals surface area contributed by atoms with Crippen LogP contribution >= 0.6 is 27.3 Å². The van der Waals surface area contributed by atoms with Crippen LogP contribution in [0.5, 0.6) is 0 Å². The Bertz CT molecular complexity index is 481. The van der Waals surface area contributed by atoms with E-state index in [9.17, 15) is 0 Å². The third-order valence-electron chi connectivity index (χ3n) is 2.55. The predicted octanol–water partition coefficient (Wildman–Crippen LogP) is 3.52. The number of pyridine rings is 1. The molecule has 0 bridgehead atoms. The summed E-state index contributed by atoms with van der Waals surface area (Å²) in [6, 6.07) is 4.42. The molecule has 0 fully saturated rings. The van der Waals surface area contributed by atoms with Gasteiger partial charge in [-0.15, -0.1) is 11.3 Å². The number of aryl methyl sites for hydroxylation is 1. The zero-order chi connectivity index (χ0) is 11.5. The van der Waals surface area contributed by atoms with Crippen molar-refractivity contribution < 1.29 is 0 Å². The molecular formula is C12H13BrN2S. The van der Waals surface area contributed by atoms with Crippen molar-refractivity contribution in [3.63, 3.8) is 0 Å². The Kier molecular flexibility index (Phi) is 3.74. The van der Waals surface area contributed by atoms with Gasteiger partial charge in [0.15, 0.2) is 0 Å². The molecule has 0 aliphatic heterocycles. The first-order valence-corrected chi connectivity index (χ1v) is 6.71. The van der Waals surface area contributed by atoms with E-state index in [-0.39, 0.29) is 6.04 Å². The molecule has 1 atom stereocenters. The predicted molar refractivity (Wildman–Crippen MR) is 71.9 cm³/mol. The van der Waals surface area contributed by atoms with Crippen LogP contribution in [0.1, 0.15) is 22.0 Å². The van der Waals surface area contributed by atoms with Gasteiger partial charge in [-0.1, -0.05) is 0 Å². The van der Waals surface area contributed by atoms with Gasteiger partial charge < -0.3 is 5.32 Å². The van der Waals surface area contributed by atoms with Crippen LogP contribution in [-0.4, -0.2) is 12.0 Å². The number of halogens is 1. The minimum atomic E-state index is 0.227. The highest BCUT2D eigenvalue weighted by atomic mass is 79.9. The summed E-state index contributed by atoms with van der Waals surface area (Å²) in [7, 11) is 1.98. The summed E-state index contributed by atoms with van der Waals surface area (Å²) in [6.07, 6.45) is 3.76. The lowest BCUT2D eigenvalue weighted by Crippen LogP contribution is -2.17. The molecule has 0 saturated carbocycles. The molecule has 4 heteroatoms. The van der Waals surface area contributed by atoms with Gasteiger partial charge in [0, 0.05) is 27.1 Å². The summed E-state index contributed by atoms with van der Waals surface area (Å²) in [5, 5.41) is 5.44. The van der Waals surface area contributed by atoms with Gasteiger partial charge in [0.05, 0.1) is 6.04 Å². The third kappa shape index (κ3) is 2.34. The second kappa shape index (κ2) is 5.08. The zero-order valence-corrected chi connectivity index (χ0v) is 11.6. The van der Waals surface area contributed by atoms with E-state index in [1.54, 1.807) is 11.3 Å². The molecule has 0 aromatic carbocycles. The van der Waals surface area contributed by atoms with Gasteiger partial charge in [-0.2, -0.15) is 0 Å². The van der Waals surface area contributed by atoms with Crippen LogP contribution in [0.4, 0.5) is 0 Å². The van der Waals surface area contributed by atoms with Crippen LogP contribution in [-0.2, 0) is 0 Å². The molecule has 2 aromatic heterocycles. The molecule has 2 aromatic rings. The Morgan fingerprint density at radius 3 is 2.88 bits per heavy atom. The Labute approximate surface area is 108 Å². The molecular weight excluding hydrogens is 284 g/mol. The highest BCUT2D eigenvalue weighted by Crippen LogP contribution is 2.30. The van der Waals surface area contributed by atoms with E-state index in [2.05, 4.69) is 44.6 Å². The average Bonchev–Trinajstić information content (AvgIpc) is 2.69. The van der Waals surface area contributed by atoms with Gasteiger partial charge >= 0.3 is 0 Å². The number of thiophene rings is 1. The molecule has 0 aliphatic carbocycles. The molecule has 0 saturated heterocycles. The van der Waals surface area contributed by atoms with E-state index in [0.717, 1.165) is 4.47 Å². The van der Waals surface area contributed by atoms with Gasteiger partial charge in [-0.05, 0) is 53.2 Å².